The minimum Gasteiger partial charge on any atom is -0.476 e. The van der Waals surface area contributed by atoms with Crippen molar-refractivity contribution < 1.29 is 4.74 Å². The van der Waals surface area contributed by atoms with Crippen molar-refractivity contribution in [3.8, 4) is 5.88 Å². The molecule has 0 amide bonds. The Labute approximate surface area is 117 Å². The Bertz CT molecular complexity index is 622. The number of aryl methyl sites for hydroxylation is 2. The number of anilines is 1. The zero-order chi connectivity index (χ0) is 14.5. The largest absolute Gasteiger partial charge is 0.476 e. The minimum atomic E-state index is 0.167. The zero-order valence-electron chi connectivity index (χ0n) is 11.8. The first kappa shape index (κ1) is 13.9. The van der Waals surface area contributed by atoms with E-state index in [0.29, 0.717) is 23.9 Å². The van der Waals surface area contributed by atoms with Crippen LogP contribution in [0.4, 0.5) is 17.3 Å². The molecule has 0 spiro atoms. The van der Waals surface area contributed by atoms with Crippen molar-refractivity contribution in [1.82, 2.24) is 9.97 Å². The van der Waals surface area contributed by atoms with Gasteiger partial charge in [-0.3, -0.25) is 0 Å². The average Bonchev–Trinajstić information content (AvgIpc) is 2.40. The van der Waals surface area contributed by atoms with Crippen LogP contribution in [0, 0.1) is 13.8 Å². The summed E-state index contributed by atoms with van der Waals surface area (Å²) in [6.45, 7) is 6.16. The monoisotopic (exact) mass is 271 g/mol. The lowest BCUT2D eigenvalue weighted by Gasteiger charge is -2.07. The number of benzene rings is 1. The van der Waals surface area contributed by atoms with Crippen molar-refractivity contribution in [3.63, 3.8) is 0 Å². The number of hydrogen-bond donors (Lipinski definition) is 1. The van der Waals surface area contributed by atoms with Gasteiger partial charge >= 0.3 is 0 Å². The van der Waals surface area contributed by atoms with E-state index in [2.05, 4.69) is 20.2 Å². The third kappa shape index (κ3) is 3.28. The summed E-state index contributed by atoms with van der Waals surface area (Å²) in [5.74, 6) is 0.522. The second-order valence-corrected chi connectivity index (χ2v) is 4.29. The SMILES string of the molecule is CCOc1nc(N)nc(C)c1N=Nc1ccc(C)cc1. The molecule has 0 bridgehead atoms. The molecule has 0 saturated heterocycles. The smallest absolute Gasteiger partial charge is 0.247 e. The van der Waals surface area contributed by atoms with Gasteiger partial charge < -0.3 is 10.5 Å². The van der Waals surface area contributed by atoms with E-state index in [1.54, 1.807) is 6.92 Å². The number of rotatable bonds is 4. The van der Waals surface area contributed by atoms with Gasteiger partial charge in [0.05, 0.1) is 18.0 Å². The van der Waals surface area contributed by atoms with Crippen molar-refractivity contribution in [2.45, 2.75) is 20.8 Å². The molecule has 0 atom stereocenters. The van der Waals surface area contributed by atoms with Crippen molar-refractivity contribution in [1.29, 1.82) is 0 Å². The fraction of sp³-hybridized carbons (Fsp3) is 0.286. The Balaban J connectivity index is 2.34. The second kappa shape index (κ2) is 6.10. The minimum absolute atomic E-state index is 0.167. The topological polar surface area (TPSA) is 85.8 Å². The molecule has 20 heavy (non-hydrogen) atoms. The van der Waals surface area contributed by atoms with E-state index in [1.165, 1.54) is 5.56 Å². The summed E-state index contributed by atoms with van der Waals surface area (Å²) in [7, 11) is 0. The molecule has 0 aliphatic rings. The molecule has 0 unspecified atom stereocenters. The van der Waals surface area contributed by atoms with Crippen LogP contribution in [-0.2, 0) is 0 Å². The highest BCUT2D eigenvalue weighted by atomic mass is 16.5. The maximum atomic E-state index is 5.61. The number of nitrogens with zero attached hydrogens (tertiary/aromatic N) is 4. The highest BCUT2D eigenvalue weighted by Crippen LogP contribution is 2.30. The van der Waals surface area contributed by atoms with E-state index in [-0.39, 0.29) is 5.95 Å². The summed E-state index contributed by atoms with van der Waals surface area (Å²) < 4.78 is 5.42. The van der Waals surface area contributed by atoms with Crippen LogP contribution in [-0.4, -0.2) is 16.6 Å². The fourth-order valence-electron chi connectivity index (χ4n) is 1.63. The Morgan fingerprint density at radius 1 is 1.10 bits per heavy atom. The predicted molar refractivity (Wildman–Crippen MR) is 77.7 cm³/mol. The van der Waals surface area contributed by atoms with Crippen LogP contribution < -0.4 is 10.5 Å². The molecular weight excluding hydrogens is 254 g/mol. The first-order valence-corrected chi connectivity index (χ1v) is 6.35. The lowest BCUT2D eigenvalue weighted by atomic mass is 10.2. The highest BCUT2D eigenvalue weighted by Gasteiger charge is 2.11. The summed E-state index contributed by atoms with van der Waals surface area (Å²) in [5, 5.41) is 8.36. The van der Waals surface area contributed by atoms with Gasteiger partial charge in [0.2, 0.25) is 11.8 Å². The normalized spacial score (nSPS) is 10.9. The maximum absolute atomic E-state index is 5.61. The second-order valence-electron chi connectivity index (χ2n) is 4.29. The molecule has 1 heterocycles. The zero-order valence-corrected chi connectivity index (χ0v) is 11.8. The van der Waals surface area contributed by atoms with Crippen LogP contribution in [0.1, 0.15) is 18.2 Å². The number of hydrogen-bond acceptors (Lipinski definition) is 6. The Kier molecular flexibility index (Phi) is 4.24. The fourth-order valence-corrected chi connectivity index (χ4v) is 1.63. The molecule has 0 saturated carbocycles. The first-order chi connectivity index (χ1) is 9.60. The molecule has 0 radical (unpaired) electrons. The standard InChI is InChI=1S/C14H17N5O/c1-4-20-13-12(10(3)16-14(15)17-13)19-18-11-7-5-9(2)6-8-11/h5-8H,4H2,1-3H3,(H2,15,16,17). The van der Waals surface area contributed by atoms with Gasteiger partial charge in [0.25, 0.3) is 0 Å². The molecule has 0 aliphatic heterocycles. The van der Waals surface area contributed by atoms with Crippen molar-refractivity contribution in [2.75, 3.05) is 12.3 Å². The summed E-state index contributed by atoms with van der Waals surface area (Å²) in [6, 6.07) is 7.74. The van der Waals surface area contributed by atoms with E-state index >= 15 is 0 Å². The Morgan fingerprint density at radius 2 is 1.80 bits per heavy atom. The molecule has 1 aromatic heterocycles. The number of nitrogens with two attached hydrogens (primary N) is 1. The van der Waals surface area contributed by atoms with E-state index in [1.807, 2.05) is 38.1 Å². The van der Waals surface area contributed by atoms with Crippen molar-refractivity contribution >= 4 is 17.3 Å². The van der Waals surface area contributed by atoms with Crippen LogP contribution in [0.25, 0.3) is 0 Å². The van der Waals surface area contributed by atoms with Gasteiger partial charge in [-0.2, -0.15) is 10.1 Å². The molecular formula is C14H17N5O. The summed E-state index contributed by atoms with van der Waals surface area (Å²) in [6.07, 6.45) is 0. The average molecular weight is 271 g/mol. The van der Waals surface area contributed by atoms with E-state index in [0.717, 1.165) is 5.69 Å². The molecule has 104 valence electrons. The molecule has 6 nitrogen and oxygen atoms in total. The Morgan fingerprint density at radius 3 is 2.45 bits per heavy atom. The number of ether oxygens (including phenoxy) is 1. The molecule has 2 N–H and O–H groups in total. The van der Waals surface area contributed by atoms with Crippen LogP contribution in [0.15, 0.2) is 34.5 Å². The number of aromatic nitrogens is 2. The maximum Gasteiger partial charge on any atom is 0.247 e. The first-order valence-electron chi connectivity index (χ1n) is 6.35. The lowest BCUT2D eigenvalue weighted by molar-refractivity contribution is 0.327. The van der Waals surface area contributed by atoms with Crippen molar-refractivity contribution in [3.05, 3.63) is 35.5 Å². The highest BCUT2D eigenvalue weighted by molar-refractivity contribution is 5.53. The molecule has 0 fully saturated rings. The third-order valence-electron chi connectivity index (χ3n) is 2.62. The van der Waals surface area contributed by atoms with Gasteiger partial charge in [-0.1, -0.05) is 17.7 Å². The Hall–Kier alpha value is -2.50. The van der Waals surface area contributed by atoms with Gasteiger partial charge in [-0.05, 0) is 32.9 Å². The van der Waals surface area contributed by atoms with E-state index < -0.39 is 0 Å². The lowest BCUT2D eigenvalue weighted by Crippen LogP contribution is -2.02. The summed E-state index contributed by atoms with van der Waals surface area (Å²) >= 11 is 0. The van der Waals surface area contributed by atoms with Crippen LogP contribution in [0.2, 0.25) is 0 Å². The molecule has 1 aromatic carbocycles. The molecule has 0 aliphatic carbocycles. The summed E-state index contributed by atoms with van der Waals surface area (Å²) in [4.78, 5) is 8.12. The number of azo groups is 1. The molecule has 2 aromatic rings. The van der Waals surface area contributed by atoms with Gasteiger partial charge in [-0.25, -0.2) is 4.98 Å². The molecule has 6 heteroatoms. The predicted octanol–water partition coefficient (Wildman–Crippen LogP) is 3.49. The summed E-state index contributed by atoms with van der Waals surface area (Å²) in [5.41, 5.74) is 8.68. The van der Waals surface area contributed by atoms with Crippen molar-refractivity contribution in [2.24, 2.45) is 10.2 Å². The van der Waals surface area contributed by atoms with Crippen LogP contribution >= 0.6 is 0 Å². The van der Waals surface area contributed by atoms with E-state index in [4.69, 9.17) is 10.5 Å². The van der Waals surface area contributed by atoms with E-state index in [9.17, 15) is 0 Å². The quantitative estimate of drug-likeness (QED) is 0.862. The van der Waals surface area contributed by atoms with Crippen LogP contribution in [0.3, 0.4) is 0 Å². The molecule has 2 rings (SSSR count). The van der Waals surface area contributed by atoms with Gasteiger partial charge in [-0.15, -0.1) is 5.11 Å². The van der Waals surface area contributed by atoms with Gasteiger partial charge in [0.15, 0.2) is 5.69 Å². The van der Waals surface area contributed by atoms with Crippen LogP contribution in [0.5, 0.6) is 5.88 Å². The number of nitrogen functional groups attached to an aromatic ring is 1. The van der Waals surface area contributed by atoms with Gasteiger partial charge in [0.1, 0.15) is 0 Å². The van der Waals surface area contributed by atoms with Gasteiger partial charge in [0, 0.05) is 0 Å². The third-order valence-corrected chi connectivity index (χ3v) is 2.62.